The molecule has 1 saturated heterocycles. The first-order valence-electron chi connectivity index (χ1n) is 10.2. The third-order valence-electron chi connectivity index (χ3n) is 5.66. The summed E-state index contributed by atoms with van der Waals surface area (Å²) in [5, 5.41) is 3.37. The number of hydrogen-bond donors (Lipinski definition) is 1. The van der Waals surface area contributed by atoms with E-state index in [1.165, 1.54) is 0 Å². The molecule has 0 unspecified atom stereocenters. The molecule has 1 amide bonds. The van der Waals surface area contributed by atoms with Crippen LogP contribution >= 0.6 is 0 Å². The second-order valence-electron chi connectivity index (χ2n) is 8.84. The van der Waals surface area contributed by atoms with Crippen LogP contribution in [0, 0.1) is 5.41 Å². The van der Waals surface area contributed by atoms with E-state index in [4.69, 9.17) is 4.74 Å². The van der Waals surface area contributed by atoms with Crippen molar-refractivity contribution < 1.29 is 9.53 Å². The molecule has 1 aromatic heterocycles. The highest BCUT2D eigenvalue weighted by molar-refractivity contribution is 5.92. The quantitative estimate of drug-likeness (QED) is 0.868. The number of rotatable bonds is 2. The maximum absolute atomic E-state index is 13.3. The van der Waals surface area contributed by atoms with Gasteiger partial charge in [0.05, 0.1) is 12.6 Å². The van der Waals surface area contributed by atoms with Gasteiger partial charge in [0.1, 0.15) is 17.6 Å². The van der Waals surface area contributed by atoms with Gasteiger partial charge in [-0.15, -0.1) is 0 Å². The normalized spacial score (nSPS) is 23.2. The number of imidazole rings is 1. The molecule has 1 aromatic carbocycles. The lowest BCUT2D eigenvalue weighted by molar-refractivity contribution is -0.119. The Balaban J connectivity index is 1.59. The van der Waals surface area contributed by atoms with Gasteiger partial charge >= 0.3 is 0 Å². The number of ether oxygens (including phenoxy) is 1. The number of aromatic nitrogens is 2. The van der Waals surface area contributed by atoms with E-state index in [2.05, 4.69) is 47.8 Å². The Labute approximate surface area is 166 Å². The van der Waals surface area contributed by atoms with Gasteiger partial charge in [0.2, 0.25) is 0 Å². The van der Waals surface area contributed by atoms with Crippen molar-refractivity contribution in [3.05, 3.63) is 53.6 Å². The van der Waals surface area contributed by atoms with E-state index in [0.29, 0.717) is 18.8 Å². The van der Waals surface area contributed by atoms with Crippen molar-refractivity contribution in [3.63, 3.8) is 0 Å². The minimum Gasteiger partial charge on any atom is -0.366 e. The summed E-state index contributed by atoms with van der Waals surface area (Å²) in [5.41, 5.74) is 1.61. The molecule has 2 aromatic rings. The van der Waals surface area contributed by atoms with Gasteiger partial charge in [0.25, 0.3) is 5.91 Å². The Kier molecular flexibility index (Phi) is 5.25. The number of carbonyl (C=O) groups is 1. The number of morpholine rings is 1. The molecule has 150 valence electrons. The molecule has 3 heterocycles. The largest absolute Gasteiger partial charge is 0.366 e. The molecule has 6 nitrogen and oxygen atoms in total. The number of hydrogen-bond acceptors (Lipinski definition) is 4. The number of amides is 1. The predicted molar refractivity (Wildman–Crippen MR) is 108 cm³/mol. The van der Waals surface area contributed by atoms with Gasteiger partial charge in [0.15, 0.2) is 0 Å². The number of fused-ring (bicyclic) bond motifs is 1. The Morgan fingerprint density at radius 1 is 1.18 bits per heavy atom. The lowest BCUT2D eigenvalue weighted by Gasteiger charge is -2.43. The van der Waals surface area contributed by atoms with Crippen molar-refractivity contribution in [2.45, 2.75) is 45.9 Å². The SMILES string of the molecule is CC(C)(C)[C@H]1CN(C(=O)c2cn3c(n2)CCNCC3)C[C@@H](c2ccccc2)O1. The highest BCUT2D eigenvalue weighted by Crippen LogP contribution is 2.34. The maximum Gasteiger partial charge on any atom is 0.274 e. The standard InChI is InChI=1S/C22H30N4O2/c1-22(2,3)19-15-26(14-18(28-19)16-7-5-4-6-8-16)21(27)17-13-25-12-11-23-10-9-20(25)24-17/h4-8,13,18-19,23H,9-12,14-15H2,1-3H3/t18-,19+/m0/s1. The molecule has 0 spiro atoms. The number of benzene rings is 1. The summed E-state index contributed by atoms with van der Waals surface area (Å²) in [5.74, 6) is 1.00. The summed E-state index contributed by atoms with van der Waals surface area (Å²) in [6.45, 7) is 10.3. The molecule has 6 heteroatoms. The van der Waals surface area contributed by atoms with E-state index < -0.39 is 0 Å². The molecule has 2 atom stereocenters. The van der Waals surface area contributed by atoms with Crippen molar-refractivity contribution in [2.24, 2.45) is 5.41 Å². The van der Waals surface area contributed by atoms with Crippen molar-refractivity contribution in [2.75, 3.05) is 26.2 Å². The van der Waals surface area contributed by atoms with Crippen molar-refractivity contribution >= 4 is 5.91 Å². The third kappa shape index (κ3) is 3.98. The summed E-state index contributed by atoms with van der Waals surface area (Å²) in [6.07, 6.45) is 2.63. The van der Waals surface area contributed by atoms with Crippen LogP contribution in [0.2, 0.25) is 0 Å². The fourth-order valence-electron chi connectivity index (χ4n) is 3.89. The van der Waals surface area contributed by atoms with E-state index in [-0.39, 0.29) is 23.5 Å². The van der Waals surface area contributed by atoms with E-state index in [0.717, 1.165) is 37.4 Å². The Hall–Kier alpha value is -2.18. The van der Waals surface area contributed by atoms with Crippen LogP contribution in [-0.2, 0) is 17.7 Å². The Bertz CT molecular complexity index is 801. The van der Waals surface area contributed by atoms with Crippen molar-refractivity contribution in [1.82, 2.24) is 19.8 Å². The zero-order valence-corrected chi connectivity index (χ0v) is 17.0. The average molecular weight is 383 g/mol. The van der Waals surface area contributed by atoms with Gasteiger partial charge in [-0.1, -0.05) is 51.1 Å². The lowest BCUT2D eigenvalue weighted by Crippen LogP contribution is -2.51. The topological polar surface area (TPSA) is 59.4 Å². The van der Waals surface area contributed by atoms with Crippen LogP contribution in [0.15, 0.2) is 36.5 Å². The molecular weight excluding hydrogens is 352 g/mol. The van der Waals surface area contributed by atoms with E-state index >= 15 is 0 Å². The molecule has 2 aliphatic heterocycles. The summed E-state index contributed by atoms with van der Waals surface area (Å²) < 4.78 is 8.54. The minimum atomic E-state index is -0.118. The number of nitrogens with zero attached hydrogens (tertiary/aromatic N) is 3. The monoisotopic (exact) mass is 382 g/mol. The number of carbonyl (C=O) groups excluding carboxylic acids is 1. The van der Waals surface area contributed by atoms with Crippen LogP contribution in [0.25, 0.3) is 0 Å². The first-order valence-corrected chi connectivity index (χ1v) is 10.2. The molecule has 0 radical (unpaired) electrons. The van der Waals surface area contributed by atoms with Gasteiger partial charge in [0, 0.05) is 38.8 Å². The number of nitrogens with one attached hydrogen (secondary N) is 1. The molecule has 1 N–H and O–H groups in total. The second kappa shape index (κ2) is 7.68. The van der Waals surface area contributed by atoms with Gasteiger partial charge in [-0.3, -0.25) is 4.79 Å². The summed E-state index contributed by atoms with van der Waals surface area (Å²) >= 11 is 0. The smallest absolute Gasteiger partial charge is 0.274 e. The van der Waals surface area contributed by atoms with Gasteiger partial charge in [-0.2, -0.15) is 0 Å². The van der Waals surface area contributed by atoms with Crippen molar-refractivity contribution in [3.8, 4) is 0 Å². The minimum absolute atomic E-state index is 0.00649. The average Bonchev–Trinajstić information content (AvgIpc) is 2.97. The second-order valence-corrected chi connectivity index (χ2v) is 8.84. The third-order valence-corrected chi connectivity index (χ3v) is 5.66. The van der Waals surface area contributed by atoms with Gasteiger partial charge < -0.3 is 19.5 Å². The first kappa shape index (κ1) is 19.2. The van der Waals surface area contributed by atoms with Gasteiger partial charge in [-0.05, 0) is 11.0 Å². The van der Waals surface area contributed by atoms with Crippen LogP contribution in [0.3, 0.4) is 0 Å². The molecule has 28 heavy (non-hydrogen) atoms. The lowest BCUT2D eigenvalue weighted by atomic mass is 9.87. The Morgan fingerprint density at radius 2 is 1.96 bits per heavy atom. The maximum atomic E-state index is 13.3. The van der Waals surface area contributed by atoms with Crippen LogP contribution < -0.4 is 5.32 Å². The van der Waals surface area contributed by atoms with Crippen LogP contribution in [-0.4, -0.2) is 52.6 Å². The molecule has 0 aliphatic carbocycles. The molecule has 2 aliphatic rings. The van der Waals surface area contributed by atoms with E-state index in [1.54, 1.807) is 0 Å². The van der Waals surface area contributed by atoms with Crippen LogP contribution in [0.5, 0.6) is 0 Å². The fraction of sp³-hybridized carbons (Fsp3) is 0.545. The van der Waals surface area contributed by atoms with Crippen molar-refractivity contribution in [1.29, 1.82) is 0 Å². The zero-order chi connectivity index (χ0) is 19.7. The summed E-state index contributed by atoms with van der Waals surface area (Å²) in [6, 6.07) is 10.2. The van der Waals surface area contributed by atoms with E-state index in [9.17, 15) is 4.79 Å². The first-order chi connectivity index (χ1) is 13.4. The molecule has 4 rings (SSSR count). The van der Waals surface area contributed by atoms with E-state index in [1.807, 2.05) is 29.3 Å². The highest BCUT2D eigenvalue weighted by Gasteiger charge is 2.38. The molecule has 0 saturated carbocycles. The Morgan fingerprint density at radius 3 is 2.71 bits per heavy atom. The summed E-state index contributed by atoms with van der Waals surface area (Å²) in [7, 11) is 0. The van der Waals surface area contributed by atoms with Crippen LogP contribution in [0.4, 0.5) is 0 Å². The molecule has 0 bridgehead atoms. The molecule has 1 fully saturated rings. The van der Waals surface area contributed by atoms with Gasteiger partial charge in [-0.25, -0.2) is 4.98 Å². The molecular formula is C22H30N4O2. The predicted octanol–water partition coefficient (Wildman–Crippen LogP) is 2.66. The summed E-state index contributed by atoms with van der Waals surface area (Å²) in [4.78, 5) is 19.9. The highest BCUT2D eigenvalue weighted by atomic mass is 16.5. The zero-order valence-electron chi connectivity index (χ0n) is 17.0. The fourth-order valence-corrected chi connectivity index (χ4v) is 3.89. The van der Waals surface area contributed by atoms with Crippen LogP contribution in [0.1, 0.15) is 48.8 Å².